The summed E-state index contributed by atoms with van der Waals surface area (Å²) in [4.78, 5) is 22.1. The van der Waals surface area contributed by atoms with E-state index in [1.807, 2.05) is 25.1 Å². The Morgan fingerprint density at radius 3 is 2.53 bits per heavy atom. The lowest BCUT2D eigenvalue weighted by molar-refractivity contribution is -0.137. The summed E-state index contributed by atoms with van der Waals surface area (Å²) in [5.41, 5.74) is 0.623. The van der Waals surface area contributed by atoms with Crippen molar-refractivity contribution >= 4 is 11.9 Å². The van der Waals surface area contributed by atoms with Crippen molar-refractivity contribution in [2.75, 3.05) is 0 Å². The van der Waals surface area contributed by atoms with Crippen molar-refractivity contribution in [3.63, 3.8) is 0 Å². The van der Waals surface area contributed by atoms with Crippen molar-refractivity contribution in [2.45, 2.75) is 32.2 Å². The van der Waals surface area contributed by atoms with Crippen LogP contribution in [0.3, 0.4) is 0 Å². The third kappa shape index (κ3) is 5.15. The minimum Gasteiger partial charge on any atom is -0.481 e. The number of carboxylic acids is 1. The molecule has 0 aromatic heterocycles. The van der Waals surface area contributed by atoms with E-state index in [1.165, 1.54) is 0 Å². The number of benzene rings is 1. The summed E-state index contributed by atoms with van der Waals surface area (Å²) in [6.07, 6.45) is 1.39. The van der Waals surface area contributed by atoms with Crippen LogP contribution < -0.4 is 5.32 Å². The number of aliphatic carboxylic acids is 1. The van der Waals surface area contributed by atoms with Crippen molar-refractivity contribution in [1.82, 2.24) is 5.32 Å². The molecule has 1 aromatic carbocycles. The average molecular weight is 235 g/mol. The smallest absolute Gasteiger partial charge is 0.303 e. The molecular formula is C13H17NO3. The van der Waals surface area contributed by atoms with Gasteiger partial charge in [-0.05, 0) is 31.9 Å². The van der Waals surface area contributed by atoms with Gasteiger partial charge in [-0.3, -0.25) is 9.59 Å². The fourth-order valence-electron chi connectivity index (χ4n) is 1.53. The first-order valence-corrected chi connectivity index (χ1v) is 5.67. The molecule has 92 valence electrons. The fraction of sp³-hybridized carbons (Fsp3) is 0.385. The first kappa shape index (κ1) is 13.2. The summed E-state index contributed by atoms with van der Waals surface area (Å²) < 4.78 is 0. The van der Waals surface area contributed by atoms with Crippen LogP contribution in [-0.4, -0.2) is 23.0 Å². The molecule has 0 saturated heterocycles. The largest absolute Gasteiger partial charge is 0.481 e. The molecule has 1 atom stereocenters. The Morgan fingerprint density at radius 2 is 1.94 bits per heavy atom. The second-order valence-corrected chi connectivity index (χ2v) is 4.03. The highest BCUT2D eigenvalue weighted by Gasteiger charge is 2.09. The van der Waals surface area contributed by atoms with E-state index < -0.39 is 5.97 Å². The lowest BCUT2D eigenvalue weighted by atomic mass is 10.1. The topological polar surface area (TPSA) is 66.4 Å². The summed E-state index contributed by atoms with van der Waals surface area (Å²) in [5, 5.41) is 11.3. The van der Waals surface area contributed by atoms with E-state index in [0.717, 1.165) is 0 Å². The summed E-state index contributed by atoms with van der Waals surface area (Å²) >= 11 is 0. The first-order chi connectivity index (χ1) is 8.09. The van der Waals surface area contributed by atoms with Gasteiger partial charge in [-0.1, -0.05) is 18.2 Å². The summed E-state index contributed by atoms with van der Waals surface area (Å²) in [6.45, 7) is 1.88. The highest BCUT2D eigenvalue weighted by Crippen LogP contribution is 2.03. The van der Waals surface area contributed by atoms with Gasteiger partial charge in [0.25, 0.3) is 5.91 Å². The van der Waals surface area contributed by atoms with Crippen molar-refractivity contribution < 1.29 is 14.7 Å². The lowest BCUT2D eigenvalue weighted by Crippen LogP contribution is -2.32. The Morgan fingerprint density at radius 1 is 1.29 bits per heavy atom. The summed E-state index contributed by atoms with van der Waals surface area (Å²) in [5.74, 6) is -0.917. The van der Waals surface area contributed by atoms with Gasteiger partial charge >= 0.3 is 5.97 Å². The summed E-state index contributed by atoms with van der Waals surface area (Å²) in [7, 11) is 0. The average Bonchev–Trinajstić information content (AvgIpc) is 2.29. The Balaban J connectivity index is 2.34. The molecular weight excluding hydrogens is 218 g/mol. The van der Waals surface area contributed by atoms with Crippen molar-refractivity contribution in [1.29, 1.82) is 0 Å². The fourth-order valence-corrected chi connectivity index (χ4v) is 1.53. The number of amides is 1. The molecule has 2 N–H and O–H groups in total. The maximum absolute atomic E-state index is 11.7. The zero-order chi connectivity index (χ0) is 12.7. The Kier molecular flexibility index (Phi) is 5.20. The molecule has 0 bridgehead atoms. The monoisotopic (exact) mass is 235 g/mol. The van der Waals surface area contributed by atoms with Gasteiger partial charge in [0.15, 0.2) is 0 Å². The van der Waals surface area contributed by atoms with Crippen LogP contribution in [0.5, 0.6) is 0 Å². The van der Waals surface area contributed by atoms with Crippen molar-refractivity contribution in [3.8, 4) is 0 Å². The van der Waals surface area contributed by atoms with E-state index in [1.54, 1.807) is 12.1 Å². The van der Waals surface area contributed by atoms with Crippen LogP contribution in [0.25, 0.3) is 0 Å². The molecule has 1 rings (SSSR count). The van der Waals surface area contributed by atoms with Crippen LogP contribution in [0.15, 0.2) is 30.3 Å². The minimum absolute atomic E-state index is 0.0120. The van der Waals surface area contributed by atoms with Gasteiger partial charge in [0.1, 0.15) is 0 Å². The van der Waals surface area contributed by atoms with Crippen LogP contribution >= 0.6 is 0 Å². The molecule has 4 heteroatoms. The van der Waals surface area contributed by atoms with Gasteiger partial charge < -0.3 is 10.4 Å². The molecule has 1 aromatic rings. The van der Waals surface area contributed by atoms with E-state index in [0.29, 0.717) is 18.4 Å². The number of rotatable bonds is 6. The quantitative estimate of drug-likeness (QED) is 0.793. The second-order valence-electron chi connectivity index (χ2n) is 4.03. The maximum Gasteiger partial charge on any atom is 0.303 e. The predicted octanol–water partition coefficient (Wildman–Crippen LogP) is 2.06. The second kappa shape index (κ2) is 6.68. The van der Waals surface area contributed by atoms with Gasteiger partial charge in [-0.25, -0.2) is 0 Å². The van der Waals surface area contributed by atoms with Crippen molar-refractivity contribution in [2.24, 2.45) is 0 Å². The zero-order valence-electron chi connectivity index (χ0n) is 9.85. The van der Waals surface area contributed by atoms with Crippen molar-refractivity contribution in [3.05, 3.63) is 35.9 Å². The number of hydrogen-bond acceptors (Lipinski definition) is 2. The van der Waals surface area contributed by atoms with Gasteiger partial charge in [-0.2, -0.15) is 0 Å². The molecule has 0 saturated carbocycles. The van der Waals surface area contributed by atoms with Crippen LogP contribution in [-0.2, 0) is 4.79 Å². The number of carboxylic acid groups (broad SMARTS) is 1. The molecule has 1 unspecified atom stereocenters. The Labute approximate surface area is 101 Å². The first-order valence-electron chi connectivity index (χ1n) is 5.67. The zero-order valence-corrected chi connectivity index (χ0v) is 9.85. The SMILES string of the molecule is CC(CCCC(=O)O)NC(=O)c1ccccc1. The van der Waals surface area contributed by atoms with E-state index in [4.69, 9.17) is 5.11 Å². The maximum atomic E-state index is 11.7. The van der Waals surface area contributed by atoms with Crippen LogP contribution in [0.4, 0.5) is 0 Å². The highest BCUT2D eigenvalue weighted by molar-refractivity contribution is 5.94. The van der Waals surface area contributed by atoms with Crippen LogP contribution in [0.1, 0.15) is 36.5 Å². The molecule has 1 amide bonds. The normalized spacial score (nSPS) is 11.8. The third-order valence-corrected chi connectivity index (χ3v) is 2.44. The number of hydrogen-bond donors (Lipinski definition) is 2. The third-order valence-electron chi connectivity index (χ3n) is 2.44. The molecule has 0 aliphatic rings. The summed E-state index contributed by atoms with van der Waals surface area (Å²) in [6, 6.07) is 8.96. The lowest BCUT2D eigenvalue weighted by Gasteiger charge is -2.13. The molecule has 17 heavy (non-hydrogen) atoms. The molecule has 0 heterocycles. The highest BCUT2D eigenvalue weighted by atomic mass is 16.4. The Hall–Kier alpha value is -1.84. The van der Waals surface area contributed by atoms with Crippen LogP contribution in [0, 0.1) is 0 Å². The molecule has 0 aliphatic heterocycles. The molecule has 0 radical (unpaired) electrons. The standard InChI is InChI=1S/C13H17NO3/c1-10(6-5-9-12(15)16)14-13(17)11-7-3-2-4-8-11/h2-4,7-8,10H,5-6,9H2,1H3,(H,14,17)(H,15,16). The number of carbonyl (C=O) groups excluding carboxylic acids is 1. The number of carbonyl (C=O) groups is 2. The minimum atomic E-state index is -0.799. The van der Waals surface area contributed by atoms with Gasteiger partial charge in [0.05, 0.1) is 0 Å². The predicted molar refractivity (Wildman–Crippen MR) is 64.9 cm³/mol. The Bertz CT molecular complexity index is 376. The molecule has 4 nitrogen and oxygen atoms in total. The van der Waals surface area contributed by atoms with Gasteiger partial charge in [0, 0.05) is 18.0 Å². The number of nitrogens with one attached hydrogen (secondary N) is 1. The van der Waals surface area contributed by atoms with Gasteiger partial charge in [0.2, 0.25) is 0 Å². The molecule has 0 fully saturated rings. The van der Waals surface area contributed by atoms with Gasteiger partial charge in [-0.15, -0.1) is 0 Å². The van der Waals surface area contributed by atoms with E-state index in [9.17, 15) is 9.59 Å². The van der Waals surface area contributed by atoms with E-state index in [-0.39, 0.29) is 18.4 Å². The van der Waals surface area contributed by atoms with E-state index in [2.05, 4.69) is 5.32 Å². The molecule has 0 spiro atoms. The van der Waals surface area contributed by atoms with E-state index >= 15 is 0 Å². The van der Waals surface area contributed by atoms with Crippen LogP contribution in [0.2, 0.25) is 0 Å². The molecule has 0 aliphatic carbocycles.